The number of thioether (sulfide) groups is 1. The lowest BCUT2D eigenvalue weighted by Gasteiger charge is -2.10. The van der Waals surface area contributed by atoms with Crippen molar-refractivity contribution in [1.29, 1.82) is 0 Å². The number of tetrazole rings is 1. The average molecular weight is 336 g/mol. The molecular formula is C13H16N6O3S. The predicted molar refractivity (Wildman–Crippen MR) is 83.6 cm³/mol. The monoisotopic (exact) mass is 336 g/mol. The molecule has 0 radical (unpaired) electrons. The lowest BCUT2D eigenvalue weighted by molar-refractivity contribution is -0.119. The van der Waals surface area contributed by atoms with Gasteiger partial charge in [-0.2, -0.15) is 4.68 Å². The molecular weight excluding hydrogens is 320 g/mol. The van der Waals surface area contributed by atoms with Gasteiger partial charge in [-0.1, -0.05) is 11.8 Å². The first-order valence-electron chi connectivity index (χ1n) is 6.67. The fourth-order valence-corrected chi connectivity index (χ4v) is 2.43. The third kappa shape index (κ3) is 4.19. The molecule has 3 amide bonds. The summed E-state index contributed by atoms with van der Waals surface area (Å²) in [5, 5.41) is 15.9. The maximum atomic E-state index is 11.9. The van der Waals surface area contributed by atoms with Crippen LogP contribution < -0.4 is 15.4 Å². The first kappa shape index (κ1) is 16.7. The number of nitrogens with zero attached hydrogens (tertiary/aromatic N) is 4. The summed E-state index contributed by atoms with van der Waals surface area (Å²) >= 11 is 1.15. The number of hydrogen-bond acceptors (Lipinski definition) is 7. The highest BCUT2D eigenvalue weighted by molar-refractivity contribution is 8.00. The number of hydrogen-bond donors (Lipinski definition) is 2. The molecule has 1 aromatic heterocycles. The van der Waals surface area contributed by atoms with Crippen LogP contribution in [0.5, 0.6) is 5.75 Å². The quantitative estimate of drug-likeness (QED) is 0.769. The molecule has 2 aromatic rings. The van der Waals surface area contributed by atoms with Crippen LogP contribution in [0.1, 0.15) is 6.92 Å². The molecule has 1 aromatic carbocycles. The first-order chi connectivity index (χ1) is 11.0. The van der Waals surface area contributed by atoms with Crippen LogP contribution in [0.15, 0.2) is 29.4 Å². The smallest absolute Gasteiger partial charge is 0.321 e. The zero-order valence-electron chi connectivity index (χ0n) is 12.8. The topological polar surface area (TPSA) is 111 Å². The van der Waals surface area contributed by atoms with E-state index >= 15 is 0 Å². The van der Waals surface area contributed by atoms with Crippen molar-refractivity contribution in [3.63, 3.8) is 0 Å². The highest BCUT2D eigenvalue weighted by Crippen LogP contribution is 2.23. The van der Waals surface area contributed by atoms with Crippen LogP contribution in [0.25, 0.3) is 5.69 Å². The second-order valence-electron chi connectivity index (χ2n) is 4.40. The minimum atomic E-state index is -0.558. The van der Waals surface area contributed by atoms with Crippen LogP contribution in [0.2, 0.25) is 0 Å². The van der Waals surface area contributed by atoms with Gasteiger partial charge in [0.15, 0.2) is 0 Å². The van der Waals surface area contributed by atoms with Crippen molar-refractivity contribution in [2.75, 3.05) is 14.2 Å². The van der Waals surface area contributed by atoms with Gasteiger partial charge in [-0.25, -0.2) is 4.79 Å². The molecule has 122 valence electrons. The minimum absolute atomic E-state index is 0.432. The first-order valence-corrected chi connectivity index (χ1v) is 7.55. The Bertz CT molecular complexity index is 687. The fourth-order valence-electron chi connectivity index (χ4n) is 1.63. The van der Waals surface area contributed by atoms with Gasteiger partial charge in [0.1, 0.15) is 5.75 Å². The third-order valence-electron chi connectivity index (χ3n) is 2.87. The Kier molecular flexibility index (Phi) is 5.52. The summed E-state index contributed by atoms with van der Waals surface area (Å²) in [6, 6.07) is 6.61. The summed E-state index contributed by atoms with van der Waals surface area (Å²) in [5.41, 5.74) is 0.734. The normalized spacial score (nSPS) is 11.6. The van der Waals surface area contributed by atoms with E-state index in [9.17, 15) is 9.59 Å². The van der Waals surface area contributed by atoms with Gasteiger partial charge in [0.05, 0.1) is 18.0 Å². The number of rotatable bonds is 5. The molecule has 0 aliphatic carbocycles. The molecule has 0 aliphatic heterocycles. The molecule has 0 unspecified atom stereocenters. The van der Waals surface area contributed by atoms with Gasteiger partial charge in [0.2, 0.25) is 11.1 Å². The number of carbonyl (C=O) groups excluding carboxylic acids is 2. The van der Waals surface area contributed by atoms with E-state index < -0.39 is 17.2 Å². The molecule has 23 heavy (non-hydrogen) atoms. The molecule has 0 saturated carbocycles. The van der Waals surface area contributed by atoms with E-state index in [0.717, 1.165) is 17.4 Å². The van der Waals surface area contributed by atoms with Crippen molar-refractivity contribution in [2.45, 2.75) is 17.3 Å². The predicted octanol–water partition coefficient (Wildman–Crippen LogP) is 0.607. The molecule has 0 bridgehead atoms. The maximum Gasteiger partial charge on any atom is 0.321 e. The average Bonchev–Trinajstić information content (AvgIpc) is 3.02. The zero-order chi connectivity index (χ0) is 16.8. The molecule has 2 rings (SSSR count). The van der Waals surface area contributed by atoms with E-state index in [0.29, 0.717) is 10.9 Å². The largest absolute Gasteiger partial charge is 0.497 e. The molecule has 0 fully saturated rings. The molecule has 2 N–H and O–H groups in total. The summed E-state index contributed by atoms with van der Waals surface area (Å²) in [4.78, 5) is 23.1. The van der Waals surface area contributed by atoms with Gasteiger partial charge in [-0.15, -0.1) is 5.10 Å². The second kappa shape index (κ2) is 7.58. The number of benzene rings is 1. The summed E-state index contributed by atoms with van der Waals surface area (Å²) in [5.74, 6) is 0.285. The number of aromatic nitrogens is 4. The van der Waals surface area contributed by atoms with Crippen LogP contribution >= 0.6 is 11.8 Å². The number of nitrogens with one attached hydrogen (secondary N) is 2. The highest BCUT2D eigenvalue weighted by Gasteiger charge is 2.20. The van der Waals surface area contributed by atoms with Gasteiger partial charge in [0, 0.05) is 7.05 Å². The van der Waals surface area contributed by atoms with E-state index in [-0.39, 0.29) is 0 Å². The van der Waals surface area contributed by atoms with Gasteiger partial charge in [-0.3, -0.25) is 10.1 Å². The third-order valence-corrected chi connectivity index (χ3v) is 3.91. The summed E-state index contributed by atoms with van der Waals surface area (Å²) < 4.78 is 6.61. The Hall–Kier alpha value is -2.62. The van der Waals surface area contributed by atoms with Crippen LogP contribution in [0, 0.1) is 0 Å². The van der Waals surface area contributed by atoms with Crippen molar-refractivity contribution in [2.24, 2.45) is 0 Å². The van der Waals surface area contributed by atoms with Crippen molar-refractivity contribution in [3.05, 3.63) is 24.3 Å². The van der Waals surface area contributed by atoms with E-state index in [4.69, 9.17) is 4.74 Å². The lowest BCUT2D eigenvalue weighted by atomic mass is 10.3. The van der Waals surface area contributed by atoms with E-state index in [1.54, 1.807) is 38.3 Å². The maximum absolute atomic E-state index is 11.9. The molecule has 1 heterocycles. The van der Waals surface area contributed by atoms with Gasteiger partial charge in [0.25, 0.3) is 0 Å². The Morgan fingerprint density at radius 1 is 1.30 bits per heavy atom. The Labute approximate surface area is 136 Å². The minimum Gasteiger partial charge on any atom is -0.497 e. The molecule has 0 saturated heterocycles. The van der Waals surface area contributed by atoms with E-state index in [1.807, 2.05) is 0 Å². The Morgan fingerprint density at radius 3 is 2.61 bits per heavy atom. The molecule has 10 heteroatoms. The molecule has 0 spiro atoms. The molecule has 9 nitrogen and oxygen atoms in total. The number of ether oxygens (including phenoxy) is 1. The number of methoxy groups -OCH3 is 1. The van der Waals surface area contributed by atoms with E-state index in [1.165, 1.54) is 11.7 Å². The van der Waals surface area contributed by atoms with Gasteiger partial charge in [-0.05, 0) is 41.6 Å². The van der Waals surface area contributed by atoms with Gasteiger partial charge < -0.3 is 10.1 Å². The summed E-state index contributed by atoms with van der Waals surface area (Å²) in [7, 11) is 3.02. The SMILES string of the molecule is CNC(=O)NC(=O)[C@H](C)Sc1nnnn1-c1ccc(OC)cc1. The highest BCUT2D eigenvalue weighted by atomic mass is 32.2. The lowest BCUT2D eigenvalue weighted by Crippen LogP contribution is -2.41. The summed E-state index contributed by atoms with van der Waals surface area (Å²) in [6.45, 7) is 1.66. The van der Waals surface area contributed by atoms with Crippen molar-refractivity contribution < 1.29 is 14.3 Å². The van der Waals surface area contributed by atoms with E-state index in [2.05, 4.69) is 26.2 Å². The van der Waals surface area contributed by atoms with Crippen LogP contribution in [0.4, 0.5) is 4.79 Å². The summed E-state index contributed by atoms with van der Waals surface area (Å²) in [6.07, 6.45) is 0. The second-order valence-corrected chi connectivity index (χ2v) is 5.71. The Balaban J connectivity index is 2.11. The molecule has 1 atom stereocenters. The molecule has 0 aliphatic rings. The zero-order valence-corrected chi connectivity index (χ0v) is 13.6. The van der Waals surface area contributed by atoms with Crippen molar-refractivity contribution >= 4 is 23.7 Å². The standard InChI is InChI=1S/C13H16N6O3S/c1-8(11(20)15-12(21)14-2)23-13-16-17-18-19(13)9-4-6-10(22-3)7-5-9/h4-8H,1-3H3,(H2,14,15,20,21)/t8-/m0/s1. The van der Waals surface area contributed by atoms with Crippen LogP contribution in [-0.2, 0) is 4.79 Å². The number of carbonyl (C=O) groups is 2. The number of amides is 3. The van der Waals surface area contributed by atoms with Crippen LogP contribution in [0.3, 0.4) is 0 Å². The van der Waals surface area contributed by atoms with Crippen LogP contribution in [-0.4, -0.2) is 51.6 Å². The Morgan fingerprint density at radius 2 is 2.00 bits per heavy atom. The number of imide groups is 1. The van der Waals surface area contributed by atoms with Crippen molar-refractivity contribution in [3.8, 4) is 11.4 Å². The fraction of sp³-hybridized carbons (Fsp3) is 0.308. The number of urea groups is 1. The van der Waals surface area contributed by atoms with Crippen molar-refractivity contribution in [1.82, 2.24) is 30.8 Å². The van der Waals surface area contributed by atoms with Gasteiger partial charge >= 0.3 is 6.03 Å².